The van der Waals surface area contributed by atoms with Crippen molar-refractivity contribution in [2.24, 2.45) is 0 Å². The molecule has 16 heavy (non-hydrogen) atoms. The van der Waals surface area contributed by atoms with Crippen molar-refractivity contribution in [3.8, 4) is 11.5 Å². The maximum absolute atomic E-state index is 10.8. The minimum Gasteiger partial charge on any atom is -0.475 e. The minimum atomic E-state index is -1.14. The number of benzene rings is 1. The van der Waals surface area contributed by atoms with Crippen LogP contribution in [0.5, 0.6) is 0 Å². The number of carboxylic acid groups (broad SMARTS) is 1. The summed E-state index contributed by atoms with van der Waals surface area (Å²) >= 11 is 5.95. The number of hydrogen-bond donors (Lipinski definition) is 1. The van der Waals surface area contributed by atoms with Crippen LogP contribution in [-0.2, 0) is 0 Å². The number of rotatable bonds is 2. The minimum absolute atomic E-state index is 0.157. The van der Waals surface area contributed by atoms with E-state index in [0.29, 0.717) is 16.3 Å². The van der Waals surface area contributed by atoms with Gasteiger partial charge in [0.1, 0.15) is 0 Å². The number of oxazole rings is 1. The Labute approximate surface area is 96.5 Å². The first-order valence-electron chi connectivity index (χ1n) is 4.55. The average Bonchev–Trinajstić information content (AvgIpc) is 2.61. The first kappa shape index (κ1) is 10.7. The SMILES string of the molecule is Cc1nc(-c2ccccc2Cl)oc1C(=O)O. The molecule has 2 rings (SSSR count). The van der Waals surface area contributed by atoms with Crippen molar-refractivity contribution in [3.05, 3.63) is 40.7 Å². The number of aromatic nitrogens is 1. The lowest BCUT2D eigenvalue weighted by Gasteiger charge is -1.97. The Morgan fingerprint density at radius 2 is 2.12 bits per heavy atom. The van der Waals surface area contributed by atoms with Crippen LogP contribution in [0.15, 0.2) is 28.7 Å². The van der Waals surface area contributed by atoms with Crippen molar-refractivity contribution in [1.29, 1.82) is 0 Å². The number of halogens is 1. The Bertz CT molecular complexity index is 548. The number of carbonyl (C=O) groups is 1. The van der Waals surface area contributed by atoms with E-state index < -0.39 is 5.97 Å². The predicted molar refractivity (Wildman–Crippen MR) is 58.6 cm³/mol. The van der Waals surface area contributed by atoms with Gasteiger partial charge in [-0.25, -0.2) is 9.78 Å². The van der Waals surface area contributed by atoms with Gasteiger partial charge in [0.15, 0.2) is 0 Å². The van der Waals surface area contributed by atoms with Crippen LogP contribution in [-0.4, -0.2) is 16.1 Å². The van der Waals surface area contributed by atoms with Crippen molar-refractivity contribution in [3.63, 3.8) is 0 Å². The molecule has 0 aliphatic rings. The number of aromatic carboxylic acids is 1. The Morgan fingerprint density at radius 3 is 2.69 bits per heavy atom. The second-order valence-corrected chi connectivity index (χ2v) is 3.63. The van der Waals surface area contributed by atoms with Crippen molar-refractivity contribution in [2.75, 3.05) is 0 Å². The fourth-order valence-electron chi connectivity index (χ4n) is 1.34. The molecule has 0 fully saturated rings. The molecule has 5 heteroatoms. The lowest BCUT2D eigenvalue weighted by Crippen LogP contribution is -1.95. The molecule has 1 aromatic carbocycles. The van der Waals surface area contributed by atoms with Crippen LogP contribution in [0.25, 0.3) is 11.5 Å². The fourth-order valence-corrected chi connectivity index (χ4v) is 1.56. The lowest BCUT2D eigenvalue weighted by molar-refractivity contribution is 0.0662. The summed E-state index contributed by atoms with van der Waals surface area (Å²) in [6.45, 7) is 1.58. The van der Waals surface area contributed by atoms with Gasteiger partial charge in [-0.3, -0.25) is 0 Å². The van der Waals surface area contributed by atoms with E-state index in [-0.39, 0.29) is 11.7 Å². The summed E-state index contributed by atoms with van der Waals surface area (Å²) in [4.78, 5) is 14.8. The Morgan fingerprint density at radius 1 is 1.44 bits per heavy atom. The van der Waals surface area contributed by atoms with Gasteiger partial charge in [-0.05, 0) is 19.1 Å². The van der Waals surface area contributed by atoms with E-state index in [1.165, 1.54) is 0 Å². The molecule has 82 valence electrons. The van der Waals surface area contributed by atoms with Gasteiger partial charge in [-0.1, -0.05) is 23.7 Å². The zero-order chi connectivity index (χ0) is 11.7. The molecule has 0 aliphatic heterocycles. The molecule has 2 aromatic rings. The standard InChI is InChI=1S/C11H8ClNO3/c1-6-9(11(14)15)16-10(13-6)7-4-2-3-5-8(7)12/h2-5H,1H3,(H,14,15). The summed E-state index contributed by atoms with van der Waals surface area (Å²) in [5.74, 6) is -1.07. The van der Waals surface area contributed by atoms with E-state index in [4.69, 9.17) is 21.1 Å². The van der Waals surface area contributed by atoms with E-state index in [9.17, 15) is 4.79 Å². The highest BCUT2D eigenvalue weighted by molar-refractivity contribution is 6.33. The second kappa shape index (κ2) is 3.98. The molecule has 1 aromatic heterocycles. The molecular formula is C11H8ClNO3. The largest absolute Gasteiger partial charge is 0.475 e. The maximum atomic E-state index is 10.8. The molecule has 0 saturated carbocycles. The van der Waals surface area contributed by atoms with E-state index in [0.717, 1.165) is 0 Å². The van der Waals surface area contributed by atoms with Crippen molar-refractivity contribution >= 4 is 17.6 Å². The smallest absolute Gasteiger partial charge is 0.373 e. The molecule has 0 atom stereocenters. The summed E-state index contributed by atoms with van der Waals surface area (Å²) in [6, 6.07) is 6.97. The lowest BCUT2D eigenvalue weighted by atomic mass is 10.2. The normalized spacial score (nSPS) is 10.4. The van der Waals surface area contributed by atoms with Crippen LogP contribution < -0.4 is 0 Å². The summed E-state index contributed by atoms with van der Waals surface area (Å²) in [5.41, 5.74) is 0.919. The van der Waals surface area contributed by atoms with Gasteiger partial charge < -0.3 is 9.52 Å². The third kappa shape index (κ3) is 1.79. The first-order chi connectivity index (χ1) is 7.59. The van der Waals surface area contributed by atoms with Crippen LogP contribution in [0.3, 0.4) is 0 Å². The second-order valence-electron chi connectivity index (χ2n) is 3.22. The molecular weight excluding hydrogens is 230 g/mol. The summed E-state index contributed by atoms with van der Waals surface area (Å²) < 4.78 is 5.15. The van der Waals surface area contributed by atoms with Crippen LogP contribution in [0.1, 0.15) is 16.2 Å². The highest BCUT2D eigenvalue weighted by Crippen LogP contribution is 2.28. The molecule has 0 radical (unpaired) electrons. The molecule has 1 N–H and O–H groups in total. The van der Waals surface area contributed by atoms with Gasteiger partial charge in [0.25, 0.3) is 0 Å². The number of hydrogen-bond acceptors (Lipinski definition) is 3. The van der Waals surface area contributed by atoms with Crippen molar-refractivity contribution in [2.45, 2.75) is 6.92 Å². The van der Waals surface area contributed by atoms with Gasteiger partial charge in [0.2, 0.25) is 11.7 Å². The van der Waals surface area contributed by atoms with Crippen LogP contribution in [0, 0.1) is 6.92 Å². The van der Waals surface area contributed by atoms with Gasteiger partial charge in [0, 0.05) is 0 Å². The molecule has 0 aliphatic carbocycles. The third-order valence-corrected chi connectivity index (χ3v) is 2.42. The quantitative estimate of drug-likeness (QED) is 0.872. The third-order valence-electron chi connectivity index (χ3n) is 2.10. The van der Waals surface area contributed by atoms with E-state index in [1.54, 1.807) is 31.2 Å². The maximum Gasteiger partial charge on any atom is 0.373 e. The molecule has 0 bridgehead atoms. The zero-order valence-electron chi connectivity index (χ0n) is 8.40. The Kier molecular flexibility index (Phi) is 2.66. The number of carboxylic acids is 1. The van der Waals surface area contributed by atoms with Crippen molar-refractivity contribution in [1.82, 2.24) is 4.98 Å². The number of nitrogens with zero attached hydrogens (tertiary/aromatic N) is 1. The first-order valence-corrected chi connectivity index (χ1v) is 4.93. The summed E-state index contributed by atoms with van der Waals surface area (Å²) in [5, 5.41) is 9.30. The molecule has 0 saturated heterocycles. The van der Waals surface area contributed by atoms with E-state index >= 15 is 0 Å². The van der Waals surface area contributed by atoms with Crippen molar-refractivity contribution < 1.29 is 14.3 Å². The fraction of sp³-hybridized carbons (Fsp3) is 0.0909. The van der Waals surface area contributed by atoms with Gasteiger partial charge in [-0.2, -0.15) is 0 Å². The van der Waals surface area contributed by atoms with Crippen LogP contribution in [0.2, 0.25) is 5.02 Å². The van der Waals surface area contributed by atoms with Gasteiger partial charge >= 0.3 is 5.97 Å². The molecule has 0 unspecified atom stereocenters. The van der Waals surface area contributed by atoms with Gasteiger partial charge in [0.05, 0.1) is 16.3 Å². The van der Waals surface area contributed by atoms with Crippen LogP contribution >= 0.6 is 11.6 Å². The molecule has 4 nitrogen and oxygen atoms in total. The van der Waals surface area contributed by atoms with Gasteiger partial charge in [-0.15, -0.1) is 0 Å². The predicted octanol–water partition coefficient (Wildman–Crippen LogP) is 3.00. The van der Waals surface area contributed by atoms with Crippen LogP contribution in [0.4, 0.5) is 0 Å². The average molecular weight is 238 g/mol. The highest BCUT2D eigenvalue weighted by Gasteiger charge is 2.18. The molecule has 0 amide bonds. The highest BCUT2D eigenvalue weighted by atomic mass is 35.5. The monoisotopic (exact) mass is 237 g/mol. The topological polar surface area (TPSA) is 63.3 Å². The summed E-state index contributed by atoms with van der Waals surface area (Å²) in [7, 11) is 0. The Balaban J connectivity index is 2.54. The number of aryl methyl sites for hydroxylation is 1. The summed E-state index contributed by atoms with van der Waals surface area (Å²) in [6.07, 6.45) is 0. The van der Waals surface area contributed by atoms with E-state index in [1.807, 2.05) is 0 Å². The molecule has 1 heterocycles. The zero-order valence-corrected chi connectivity index (χ0v) is 9.15. The molecule has 0 spiro atoms. The Hall–Kier alpha value is -1.81. The van der Waals surface area contributed by atoms with E-state index in [2.05, 4.69) is 4.98 Å².